The van der Waals surface area contributed by atoms with Crippen molar-refractivity contribution in [1.82, 2.24) is 0 Å². The minimum Gasteiger partial charge on any atom is -0.478 e. The van der Waals surface area contributed by atoms with E-state index in [-0.39, 0.29) is 0 Å². The molecule has 1 aromatic carbocycles. The predicted molar refractivity (Wildman–Crippen MR) is 68.0 cm³/mol. The van der Waals surface area contributed by atoms with Crippen LogP contribution in [0.1, 0.15) is 30.6 Å². The van der Waals surface area contributed by atoms with Gasteiger partial charge in [-0.1, -0.05) is 19.9 Å². The molecular weight excluding hydrogens is 222 g/mol. The van der Waals surface area contributed by atoms with Gasteiger partial charge in [-0.2, -0.15) is 0 Å². The normalized spacial score (nSPS) is 10.7. The number of carboxylic acids is 1. The largest absolute Gasteiger partial charge is 0.478 e. The first-order chi connectivity index (χ1) is 7.52. The maximum atomic E-state index is 11.0. The van der Waals surface area contributed by atoms with Gasteiger partial charge in [-0.3, -0.25) is 0 Å². The van der Waals surface area contributed by atoms with Crippen molar-refractivity contribution < 1.29 is 9.90 Å². The van der Waals surface area contributed by atoms with Crippen molar-refractivity contribution in [2.75, 3.05) is 11.5 Å². The molecule has 0 unspecified atom stereocenters. The molecule has 16 heavy (non-hydrogen) atoms. The molecule has 0 aliphatic rings. The molecule has 88 valence electrons. The molecule has 0 saturated heterocycles. The summed E-state index contributed by atoms with van der Waals surface area (Å²) in [6, 6.07) is 5.01. The van der Waals surface area contributed by atoms with E-state index in [9.17, 15) is 4.79 Å². The van der Waals surface area contributed by atoms with Gasteiger partial charge in [0.1, 0.15) is 0 Å². The van der Waals surface area contributed by atoms with E-state index in [1.807, 2.05) is 0 Å². The summed E-state index contributed by atoms with van der Waals surface area (Å²) in [4.78, 5) is 11.7. The van der Waals surface area contributed by atoms with Crippen LogP contribution in [0, 0.1) is 5.92 Å². The number of nitrogens with two attached hydrogens (primary N) is 1. The van der Waals surface area contributed by atoms with E-state index in [0.717, 1.165) is 12.2 Å². The summed E-state index contributed by atoms with van der Waals surface area (Å²) < 4.78 is 0. The first-order valence-electron chi connectivity index (χ1n) is 5.27. The van der Waals surface area contributed by atoms with Crippen LogP contribution in [0.2, 0.25) is 0 Å². The van der Waals surface area contributed by atoms with Crippen LogP contribution in [0.3, 0.4) is 0 Å². The first kappa shape index (κ1) is 12.9. The minimum atomic E-state index is -0.917. The first-order valence-corrected chi connectivity index (χ1v) is 6.25. The summed E-state index contributed by atoms with van der Waals surface area (Å²) in [6.45, 7) is 4.29. The number of rotatable bonds is 5. The van der Waals surface area contributed by atoms with Crippen molar-refractivity contribution in [1.29, 1.82) is 0 Å². The Balaban J connectivity index is 2.80. The lowest BCUT2D eigenvalue weighted by atomic mass is 10.2. The topological polar surface area (TPSA) is 63.3 Å². The van der Waals surface area contributed by atoms with Gasteiger partial charge in [0.25, 0.3) is 0 Å². The molecule has 4 heteroatoms. The Labute approximate surface area is 100 Å². The smallest absolute Gasteiger partial charge is 0.336 e. The summed E-state index contributed by atoms with van der Waals surface area (Å²) in [6.07, 6.45) is 1.05. The monoisotopic (exact) mass is 239 g/mol. The molecular formula is C12H17NO2S. The summed E-state index contributed by atoms with van der Waals surface area (Å²) in [5, 5.41) is 9.03. The molecule has 0 radical (unpaired) electrons. The Morgan fingerprint density at radius 1 is 1.50 bits per heavy atom. The maximum absolute atomic E-state index is 11.0. The number of anilines is 1. The van der Waals surface area contributed by atoms with Crippen molar-refractivity contribution >= 4 is 23.4 Å². The molecule has 0 aliphatic carbocycles. The fourth-order valence-electron chi connectivity index (χ4n) is 1.28. The van der Waals surface area contributed by atoms with Gasteiger partial charge >= 0.3 is 5.97 Å². The molecule has 0 amide bonds. The number of aromatic carboxylic acids is 1. The van der Waals surface area contributed by atoms with Crippen LogP contribution < -0.4 is 5.73 Å². The Kier molecular flexibility index (Phi) is 4.68. The second kappa shape index (κ2) is 5.80. The fraction of sp³-hybridized carbons (Fsp3) is 0.417. The third-order valence-electron chi connectivity index (χ3n) is 2.22. The molecule has 0 saturated carbocycles. The van der Waals surface area contributed by atoms with Gasteiger partial charge in [-0.15, -0.1) is 11.8 Å². The Bertz CT molecular complexity index is 377. The van der Waals surface area contributed by atoms with Gasteiger partial charge < -0.3 is 10.8 Å². The average molecular weight is 239 g/mol. The summed E-state index contributed by atoms with van der Waals surface area (Å²) >= 11 is 1.52. The summed E-state index contributed by atoms with van der Waals surface area (Å²) in [5.41, 5.74) is 6.64. The SMILES string of the molecule is CC(C)CCSc1c(N)cccc1C(=O)O. The zero-order chi connectivity index (χ0) is 12.1. The quantitative estimate of drug-likeness (QED) is 0.612. The third kappa shape index (κ3) is 3.45. The standard InChI is InChI=1S/C12H17NO2S/c1-8(2)6-7-16-11-9(12(14)15)4-3-5-10(11)13/h3-5,8H,6-7,13H2,1-2H3,(H,14,15). The number of nitrogen functional groups attached to an aromatic ring is 1. The zero-order valence-electron chi connectivity index (χ0n) is 9.56. The van der Waals surface area contributed by atoms with Crippen LogP contribution in [0.4, 0.5) is 5.69 Å². The van der Waals surface area contributed by atoms with Gasteiger partial charge in [0.05, 0.1) is 5.56 Å². The van der Waals surface area contributed by atoms with E-state index in [0.29, 0.717) is 22.1 Å². The van der Waals surface area contributed by atoms with E-state index in [4.69, 9.17) is 10.8 Å². The number of benzene rings is 1. The van der Waals surface area contributed by atoms with E-state index < -0.39 is 5.97 Å². The molecule has 0 spiro atoms. The summed E-state index contributed by atoms with van der Waals surface area (Å²) in [5.74, 6) is 0.594. The van der Waals surface area contributed by atoms with Crippen LogP contribution in [-0.2, 0) is 0 Å². The molecule has 0 aliphatic heterocycles. The predicted octanol–water partition coefficient (Wildman–Crippen LogP) is 3.11. The molecule has 1 aromatic rings. The van der Waals surface area contributed by atoms with Crippen LogP contribution in [-0.4, -0.2) is 16.8 Å². The van der Waals surface area contributed by atoms with Gasteiger partial charge in [0, 0.05) is 10.6 Å². The number of carboxylic acid groups (broad SMARTS) is 1. The Morgan fingerprint density at radius 2 is 2.19 bits per heavy atom. The van der Waals surface area contributed by atoms with E-state index in [2.05, 4.69) is 13.8 Å². The highest BCUT2D eigenvalue weighted by molar-refractivity contribution is 7.99. The van der Waals surface area contributed by atoms with Crippen LogP contribution in [0.5, 0.6) is 0 Å². The maximum Gasteiger partial charge on any atom is 0.336 e. The molecule has 0 fully saturated rings. The molecule has 1 rings (SSSR count). The molecule has 3 N–H and O–H groups in total. The van der Waals surface area contributed by atoms with Gasteiger partial charge in [0.2, 0.25) is 0 Å². The second-order valence-corrected chi connectivity index (χ2v) is 5.17. The van der Waals surface area contributed by atoms with Crippen molar-refractivity contribution in [2.24, 2.45) is 5.92 Å². The van der Waals surface area contributed by atoms with E-state index >= 15 is 0 Å². The second-order valence-electron chi connectivity index (χ2n) is 4.06. The Hall–Kier alpha value is -1.16. The van der Waals surface area contributed by atoms with Crippen LogP contribution >= 0.6 is 11.8 Å². The minimum absolute atomic E-state index is 0.300. The van der Waals surface area contributed by atoms with Gasteiger partial charge in [-0.05, 0) is 30.2 Å². The summed E-state index contributed by atoms with van der Waals surface area (Å²) in [7, 11) is 0. The lowest BCUT2D eigenvalue weighted by Crippen LogP contribution is -2.02. The van der Waals surface area contributed by atoms with Crippen LogP contribution in [0.25, 0.3) is 0 Å². The molecule has 0 atom stereocenters. The molecule has 0 bridgehead atoms. The van der Waals surface area contributed by atoms with Crippen LogP contribution in [0.15, 0.2) is 23.1 Å². The lowest BCUT2D eigenvalue weighted by Gasteiger charge is -2.09. The molecule has 0 aromatic heterocycles. The highest BCUT2D eigenvalue weighted by Crippen LogP contribution is 2.30. The lowest BCUT2D eigenvalue weighted by molar-refractivity contribution is 0.0693. The molecule has 3 nitrogen and oxygen atoms in total. The number of hydrogen-bond acceptors (Lipinski definition) is 3. The van der Waals surface area contributed by atoms with Crippen molar-refractivity contribution in [2.45, 2.75) is 25.2 Å². The fourth-order valence-corrected chi connectivity index (χ4v) is 2.62. The van der Waals surface area contributed by atoms with E-state index in [1.54, 1.807) is 18.2 Å². The van der Waals surface area contributed by atoms with Gasteiger partial charge in [0.15, 0.2) is 0 Å². The number of thioether (sulfide) groups is 1. The molecule has 0 heterocycles. The van der Waals surface area contributed by atoms with E-state index in [1.165, 1.54) is 11.8 Å². The zero-order valence-corrected chi connectivity index (χ0v) is 10.4. The number of hydrogen-bond donors (Lipinski definition) is 2. The number of carbonyl (C=O) groups is 1. The van der Waals surface area contributed by atoms with Gasteiger partial charge in [-0.25, -0.2) is 4.79 Å². The van der Waals surface area contributed by atoms with Crippen molar-refractivity contribution in [3.63, 3.8) is 0 Å². The van der Waals surface area contributed by atoms with Crippen molar-refractivity contribution in [3.05, 3.63) is 23.8 Å². The van der Waals surface area contributed by atoms with Crippen molar-refractivity contribution in [3.8, 4) is 0 Å². The highest BCUT2D eigenvalue weighted by atomic mass is 32.2. The average Bonchev–Trinajstić information content (AvgIpc) is 2.19. The highest BCUT2D eigenvalue weighted by Gasteiger charge is 2.12. The third-order valence-corrected chi connectivity index (χ3v) is 3.40. The Morgan fingerprint density at radius 3 is 2.75 bits per heavy atom.